The van der Waals surface area contributed by atoms with Gasteiger partial charge in [-0.05, 0) is 25.1 Å². The molecule has 0 aliphatic rings. The summed E-state index contributed by atoms with van der Waals surface area (Å²) in [4.78, 5) is 36.1. The Morgan fingerprint density at radius 1 is 1.26 bits per heavy atom. The zero-order chi connectivity index (χ0) is 17.2. The number of primary amides is 1. The number of carboxylic acid groups (broad SMARTS) is 1. The number of rotatable bonds is 10. The van der Waals surface area contributed by atoms with Crippen molar-refractivity contribution in [1.82, 2.24) is 4.90 Å². The van der Waals surface area contributed by atoms with Crippen molar-refractivity contribution in [2.75, 3.05) is 30.7 Å². The molecule has 23 heavy (non-hydrogen) atoms. The molecule has 0 heterocycles. The zero-order valence-corrected chi connectivity index (χ0v) is 13.8. The van der Waals surface area contributed by atoms with Gasteiger partial charge in [-0.1, -0.05) is 19.1 Å². The first-order valence-corrected chi connectivity index (χ1v) is 8.15. The summed E-state index contributed by atoms with van der Waals surface area (Å²) in [7, 11) is 0. The van der Waals surface area contributed by atoms with E-state index in [1.807, 2.05) is 6.92 Å². The number of carbonyl (C=O) groups is 3. The van der Waals surface area contributed by atoms with Crippen LogP contribution in [0.4, 0.5) is 5.69 Å². The molecule has 7 nitrogen and oxygen atoms in total. The summed E-state index contributed by atoms with van der Waals surface area (Å²) in [5.74, 6) is -1.59. The predicted octanol–water partition coefficient (Wildman–Crippen LogP) is 0.999. The third kappa shape index (κ3) is 7.66. The number of anilines is 1. The van der Waals surface area contributed by atoms with Crippen LogP contribution >= 0.6 is 11.8 Å². The molecule has 126 valence electrons. The Balaban J connectivity index is 2.68. The monoisotopic (exact) mass is 339 g/mol. The maximum absolute atomic E-state index is 12.1. The van der Waals surface area contributed by atoms with Crippen molar-refractivity contribution in [3.8, 4) is 0 Å². The molecular weight excluding hydrogens is 318 g/mol. The Labute approximate surface area is 139 Å². The second-order valence-electron chi connectivity index (χ2n) is 4.90. The molecule has 0 atom stereocenters. The smallest absolute Gasteiger partial charge is 0.317 e. The summed E-state index contributed by atoms with van der Waals surface area (Å²) in [6.45, 7) is 2.26. The average Bonchev–Trinajstić information content (AvgIpc) is 2.45. The number of nitrogens with one attached hydrogen (secondary N) is 1. The minimum absolute atomic E-state index is 0.00500. The van der Waals surface area contributed by atoms with E-state index in [-0.39, 0.29) is 24.7 Å². The number of carbonyl (C=O) groups excluding carboxylic acids is 2. The van der Waals surface area contributed by atoms with Gasteiger partial charge in [-0.25, -0.2) is 0 Å². The third-order valence-corrected chi connectivity index (χ3v) is 3.89. The lowest BCUT2D eigenvalue weighted by atomic mass is 10.3. The fourth-order valence-corrected chi connectivity index (χ4v) is 2.71. The largest absolute Gasteiger partial charge is 0.480 e. The summed E-state index contributed by atoms with van der Waals surface area (Å²) in [6, 6.07) is 7.07. The predicted molar refractivity (Wildman–Crippen MR) is 89.4 cm³/mol. The van der Waals surface area contributed by atoms with Gasteiger partial charge in [-0.3, -0.25) is 19.3 Å². The van der Waals surface area contributed by atoms with Crippen molar-refractivity contribution in [2.24, 2.45) is 5.73 Å². The van der Waals surface area contributed by atoms with Crippen LogP contribution < -0.4 is 11.1 Å². The number of nitrogens with two attached hydrogens (primary N) is 1. The van der Waals surface area contributed by atoms with Crippen molar-refractivity contribution in [3.63, 3.8) is 0 Å². The second-order valence-corrected chi connectivity index (χ2v) is 5.92. The molecule has 0 bridgehead atoms. The third-order valence-electron chi connectivity index (χ3n) is 2.80. The molecule has 0 radical (unpaired) electrons. The number of hydrogen-bond acceptors (Lipinski definition) is 5. The molecule has 0 aliphatic heterocycles. The minimum atomic E-state index is -0.969. The molecule has 4 N–H and O–H groups in total. The molecule has 1 aromatic rings. The minimum Gasteiger partial charge on any atom is -0.480 e. The molecular formula is C15H21N3O4S. The van der Waals surface area contributed by atoms with Crippen LogP contribution in [0.5, 0.6) is 0 Å². The van der Waals surface area contributed by atoms with Gasteiger partial charge in [0.15, 0.2) is 0 Å². The van der Waals surface area contributed by atoms with E-state index in [9.17, 15) is 14.4 Å². The SMILES string of the molecule is CCCN(CC(=O)O)CC(=O)Nc1ccccc1SCC(N)=O. The van der Waals surface area contributed by atoms with E-state index in [2.05, 4.69) is 5.32 Å². The molecule has 0 aliphatic carbocycles. The Morgan fingerprint density at radius 3 is 2.57 bits per heavy atom. The van der Waals surface area contributed by atoms with Crippen LogP contribution in [0.25, 0.3) is 0 Å². The number of thioether (sulfide) groups is 1. The molecule has 1 aromatic carbocycles. The number of amides is 2. The van der Waals surface area contributed by atoms with E-state index >= 15 is 0 Å². The normalized spacial score (nSPS) is 10.5. The fraction of sp³-hybridized carbons (Fsp3) is 0.400. The van der Waals surface area contributed by atoms with Crippen LogP contribution in [-0.4, -0.2) is 53.2 Å². The van der Waals surface area contributed by atoms with E-state index in [1.54, 1.807) is 29.2 Å². The van der Waals surface area contributed by atoms with Gasteiger partial charge in [0.25, 0.3) is 0 Å². The van der Waals surface area contributed by atoms with Gasteiger partial charge in [0.1, 0.15) is 0 Å². The van der Waals surface area contributed by atoms with Crippen LogP contribution in [0.3, 0.4) is 0 Å². The van der Waals surface area contributed by atoms with Gasteiger partial charge in [0.2, 0.25) is 11.8 Å². The van der Waals surface area contributed by atoms with E-state index in [0.29, 0.717) is 12.2 Å². The molecule has 2 amide bonds. The first-order valence-electron chi connectivity index (χ1n) is 7.16. The van der Waals surface area contributed by atoms with Crippen molar-refractivity contribution >= 4 is 35.2 Å². The average molecular weight is 339 g/mol. The maximum Gasteiger partial charge on any atom is 0.317 e. The highest BCUT2D eigenvalue weighted by atomic mass is 32.2. The van der Waals surface area contributed by atoms with Crippen LogP contribution in [-0.2, 0) is 14.4 Å². The summed E-state index contributed by atoms with van der Waals surface area (Å²) < 4.78 is 0. The number of nitrogens with zero attached hydrogens (tertiary/aromatic N) is 1. The topological polar surface area (TPSA) is 113 Å². The number of carboxylic acids is 1. The van der Waals surface area contributed by atoms with Crippen LogP contribution in [0, 0.1) is 0 Å². The van der Waals surface area contributed by atoms with Gasteiger partial charge >= 0.3 is 5.97 Å². The number of para-hydroxylation sites is 1. The lowest BCUT2D eigenvalue weighted by Gasteiger charge is -2.19. The first kappa shape index (κ1) is 19.0. The van der Waals surface area contributed by atoms with Crippen LogP contribution in [0.15, 0.2) is 29.2 Å². The molecule has 0 saturated heterocycles. The molecule has 0 aromatic heterocycles. The summed E-state index contributed by atoms with van der Waals surface area (Å²) in [5, 5.41) is 11.6. The zero-order valence-electron chi connectivity index (χ0n) is 12.9. The Kier molecular flexibility index (Phi) is 8.14. The highest BCUT2D eigenvalue weighted by Crippen LogP contribution is 2.26. The number of benzene rings is 1. The molecule has 1 rings (SSSR count). The Morgan fingerprint density at radius 2 is 1.96 bits per heavy atom. The summed E-state index contributed by atoms with van der Waals surface area (Å²) in [5.41, 5.74) is 5.71. The number of aliphatic carboxylic acids is 1. The van der Waals surface area contributed by atoms with Crippen molar-refractivity contribution in [1.29, 1.82) is 0 Å². The Hall–Kier alpha value is -2.06. The quantitative estimate of drug-likeness (QED) is 0.548. The van der Waals surface area contributed by atoms with Gasteiger partial charge < -0.3 is 16.2 Å². The highest BCUT2D eigenvalue weighted by Gasteiger charge is 2.14. The molecule has 0 spiro atoms. The van der Waals surface area contributed by atoms with Crippen molar-refractivity contribution < 1.29 is 19.5 Å². The lowest BCUT2D eigenvalue weighted by Crippen LogP contribution is -2.37. The van der Waals surface area contributed by atoms with E-state index in [0.717, 1.165) is 11.3 Å². The van der Waals surface area contributed by atoms with Gasteiger partial charge in [0, 0.05) is 4.90 Å². The summed E-state index contributed by atoms with van der Waals surface area (Å²) >= 11 is 1.24. The standard InChI is InChI=1S/C15H21N3O4S/c1-2-7-18(9-15(21)22)8-14(20)17-11-5-3-4-6-12(11)23-10-13(16)19/h3-6H,2,7-10H2,1H3,(H2,16,19)(H,17,20)(H,21,22). The molecule has 0 saturated carbocycles. The highest BCUT2D eigenvalue weighted by molar-refractivity contribution is 8.00. The second kappa shape index (κ2) is 9.86. The van der Waals surface area contributed by atoms with E-state index < -0.39 is 11.9 Å². The van der Waals surface area contributed by atoms with Gasteiger partial charge in [0.05, 0.1) is 24.5 Å². The Bertz CT molecular complexity index is 565. The van der Waals surface area contributed by atoms with Crippen LogP contribution in [0.1, 0.15) is 13.3 Å². The maximum atomic E-state index is 12.1. The van der Waals surface area contributed by atoms with Crippen molar-refractivity contribution in [2.45, 2.75) is 18.2 Å². The van der Waals surface area contributed by atoms with E-state index in [4.69, 9.17) is 10.8 Å². The van der Waals surface area contributed by atoms with E-state index in [1.165, 1.54) is 11.8 Å². The molecule has 8 heteroatoms. The van der Waals surface area contributed by atoms with Crippen LogP contribution in [0.2, 0.25) is 0 Å². The molecule has 0 fully saturated rings. The van der Waals surface area contributed by atoms with Gasteiger partial charge in [-0.15, -0.1) is 11.8 Å². The summed E-state index contributed by atoms with van der Waals surface area (Å²) in [6.07, 6.45) is 0.756. The van der Waals surface area contributed by atoms with Crippen molar-refractivity contribution in [3.05, 3.63) is 24.3 Å². The lowest BCUT2D eigenvalue weighted by molar-refractivity contribution is -0.138. The first-order chi connectivity index (χ1) is 10.9. The number of hydrogen-bond donors (Lipinski definition) is 3. The fourth-order valence-electron chi connectivity index (χ4n) is 1.96. The van der Waals surface area contributed by atoms with Gasteiger partial charge in [-0.2, -0.15) is 0 Å². The molecule has 0 unspecified atom stereocenters.